The van der Waals surface area contributed by atoms with Gasteiger partial charge in [-0.3, -0.25) is 0 Å². The standard InChI is InChI=1S/C8H12NO/c1-3-5-8-7(4-2)9-6-10-8/h3-5H2,1-2H3. The van der Waals surface area contributed by atoms with Gasteiger partial charge in [0, 0.05) is 6.42 Å². The minimum Gasteiger partial charge on any atom is -0.437 e. The zero-order valence-electron chi connectivity index (χ0n) is 6.48. The molecule has 0 spiro atoms. The lowest BCUT2D eigenvalue weighted by Gasteiger charge is -1.92. The number of hydrogen-bond acceptors (Lipinski definition) is 2. The van der Waals surface area contributed by atoms with Gasteiger partial charge >= 0.3 is 0 Å². The van der Waals surface area contributed by atoms with Crippen molar-refractivity contribution in [1.29, 1.82) is 0 Å². The van der Waals surface area contributed by atoms with Crippen LogP contribution in [0, 0.1) is 6.39 Å². The Morgan fingerprint density at radius 2 is 2.30 bits per heavy atom. The third-order valence-electron chi connectivity index (χ3n) is 1.48. The van der Waals surface area contributed by atoms with Crippen molar-refractivity contribution in [3.8, 4) is 0 Å². The summed E-state index contributed by atoms with van der Waals surface area (Å²) in [6, 6.07) is 0. The van der Waals surface area contributed by atoms with Crippen molar-refractivity contribution in [2.45, 2.75) is 33.1 Å². The SMILES string of the molecule is CCCc1o[c]nc1CC. The summed E-state index contributed by atoms with van der Waals surface area (Å²) in [7, 11) is 0. The van der Waals surface area contributed by atoms with Gasteiger partial charge in [0.05, 0.1) is 5.69 Å². The van der Waals surface area contributed by atoms with Gasteiger partial charge < -0.3 is 4.42 Å². The minimum atomic E-state index is 0.947. The van der Waals surface area contributed by atoms with E-state index in [1.807, 2.05) is 0 Å². The maximum atomic E-state index is 5.06. The lowest BCUT2D eigenvalue weighted by atomic mass is 10.2. The molecule has 10 heavy (non-hydrogen) atoms. The Kier molecular flexibility index (Phi) is 2.49. The topological polar surface area (TPSA) is 26.0 Å². The summed E-state index contributed by atoms with van der Waals surface area (Å²) in [5.74, 6) is 1.00. The van der Waals surface area contributed by atoms with Gasteiger partial charge in [-0.25, -0.2) is 4.98 Å². The van der Waals surface area contributed by atoms with E-state index in [4.69, 9.17) is 4.42 Å². The van der Waals surface area contributed by atoms with Crippen molar-refractivity contribution >= 4 is 0 Å². The van der Waals surface area contributed by atoms with Crippen LogP contribution in [0.5, 0.6) is 0 Å². The lowest BCUT2D eigenvalue weighted by molar-refractivity contribution is 0.490. The fourth-order valence-electron chi connectivity index (χ4n) is 0.953. The molecule has 0 N–H and O–H groups in total. The number of oxazole rings is 1. The lowest BCUT2D eigenvalue weighted by Crippen LogP contribution is -1.87. The first kappa shape index (κ1) is 7.32. The van der Waals surface area contributed by atoms with Crippen LogP contribution in [0.3, 0.4) is 0 Å². The van der Waals surface area contributed by atoms with Crippen molar-refractivity contribution in [1.82, 2.24) is 4.98 Å². The van der Waals surface area contributed by atoms with E-state index in [0.717, 1.165) is 30.7 Å². The molecule has 0 aliphatic rings. The number of nitrogens with zero attached hydrogens (tertiary/aromatic N) is 1. The monoisotopic (exact) mass is 138 g/mol. The van der Waals surface area contributed by atoms with Crippen LogP contribution in [-0.4, -0.2) is 4.98 Å². The van der Waals surface area contributed by atoms with Gasteiger partial charge in [-0.1, -0.05) is 13.8 Å². The van der Waals surface area contributed by atoms with E-state index in [1.54, 1.807) is 0 Å². The molecule has 1 heterocycles. The molecule has 1 aromatic heterocycles. The molecule has 0 bridgehead atoms. The highest BCUT2D eigenvalue weighted by atomic mass is 16.3. The maximum Gasteiger partial charge on any atom is 0.284 e. The zero-order chi connectivity index (χ0) is 7.40. The quantitative estimate of drug-likeness (QED) is 0.638. The van der Waals surface area contributed by atoms with Crippen LogP contribution >= 0.6 is 0 Å². The summed E-state index contributed by atoms with van der Waals surface area (Å²) in [6.45, 7) is 4.20. The number of aryl methyl sites for hydroxylation is 2. The molecule has 0 fully saturated rings. The average Bonchev–Trinajstić information content (AvgIpc) is 2.36. The van der Waals surface area contributed by atoms with Gasteiger partial charge in [-0.05, 0) is 12.8 Å². The Bertz CT molecular complexity index is 193. The first-order chi connectivity index (χ1) is 4.88. The van der Waals surface area contributed by atoms with Crippen LogP contribution in [0.1, 0.15) is 31.7 Å². The third-order valence-corrected chi connectivity index (χ3v) is 1.48. The molecule has 0 unspecified atom stereocenters. The highest BCUT2D eigenvalue weighted by Crippen LogP contribution is 2.08. The second kappa shape index (κ2) is 3.40. The Morgan fingerprint density at radius 1 is 1.50 bits per heavy atom. The van der Waals surface area contributed by atoms with Gasteiger partial charge in [0.1, 0.15) is 5.76 Å². The van der Waals surface area contributed by atoms with E-state index in [-0.39, 0.29) is 0 Å². The van der Waals surface area contributed by atoms with Crippen molar-refractivity contribution in [3.05, 3.63) is 17.8 Å². The van der Waals surface area contributed by atoms with Gasteiger partial charge in [-0.15, -0.1) is 0 Å². The maximum absolute atomic E-state index is 5.06. The summed E-state index contributed by atoms with van der Waals surface area (Å²) in [4.78, 5) is 3.96. The van der Waals surface area contributed by atoms with Crippen molar-refractivity contribution in [3.63, 3.8) is 0 Å². The van der Waals surface area contributed by atoms with E-state index >= 15 is 0 Å². The molecule has 0 saturated carbocycles. The van der Waals surface area contributed by atoms with Crippen LogP contribution in [0.25, 0.3) is 0 Å². The van der Waals surface area contributed by atoms with E-state index in [0.29, 0.717) is 0 Å². The van der Waals surface area contributed by atoms with Crippen LogP contribution in [0.15, 0.2) is 4.42 Å². The van der Waals surface area contributed by atoms with E-state index in [1.165, 1.54) is 0 Å². The Hall–Kier alpha value is -0.790. The smallest absolute Gasteiger partial charge is 0.284 e. The minimum absolute atomic E-state index is 0.947. The molecule has 0 atom stereocenters. The largest absolute Gasteiger partial charge is 0.437 e. The molecule has 55 valence electrons. The number of hydrogen-bond donors (Lipinski definition) is 0. The molecule has 1 aromatic rings. The number of aromatic nitrogens is 1. The van der Waals surface area contributed by atoms with Crippen LogP contribution in [0.2, 0.25) is 0 Å². The van der Waals surface area contributed by atoms with Crippen molar-refractivity contribution in [2.75, 3.05) is 0 Å². The van der Waals surface area contributed by atoms with Crippen LogP contribution in [-0.2, 0) is 12.8 Å². The predicted molar refractivity (Wildman–Crippen MR) is 38.7 cm³/mol. The molecule has 0 amide bonds. The molecule has 1 radical (unpaired) electrons. The third kappa shape index (κ3) is 1.38. The van der Waals surface area contributed by atoms with Gasteiger partial charge in [0.15, 0.2) is 0 Å². The van der Waals surface area contributed by atoms with E-state index < -0.39 is 0 Å². The highest BCUT2D eigenvalue weighted by molar-refractivity contribution is 5.06. The first-order valence-corrected chi connectivity index (χ1v) is 3.73. The fourth-order valence-corrected chi connectivity index (χ4v) is 0.953. The molecule has 0 aliphatic heterocycles. The summed E-state index contributed by atoms with van der Waals surface area (Å²) in [5, 5.41) is 0. The molecule has 0 aliphatic carbocycles. The van der Waals surface area contributed by atoms with Crippen molar-refractivity contribution < 1.29 is 4.42 Å². The van der Waals surface area contributed by atoms with Gasteiger partial charge in [0.25, 0.3) is 6.39 Å². The van der Waals surface area contributed by atoms with Gasteiger partial charge in [-0.2, -0.15) is 0 Å². The van der Waals surface area contributed by atoms with Crippen molar-refractivity contribution in [2.24, 2.45) is 0 Å². The normalized spacial score (nSPS) is 10.2. The molecular formula is C8H12NO. The summed E-state index contributed by atoms with van der Waals surface area (Å²) >= 11 is 0. The van der Waals surface area contributed by atoms with Gasteiger partial charge in [0.2, 0.25) is 0 Å². The van der Waals surface area contributed by atoms with Crippen LogP contribution in [0.4, 0.5) is 0 Å². The summed E-state index contributed by atoms with van der Waals surface area (Å²) in [5.41, 5.74) is 1.06. The summed E-state index contributed by atoms with van der Waals surface area (Å²) < 4.78 is 5.06. The second-order valence-electron chi connectivity index (χ2n) is 2.28. The zero-order valence-corrected chi connectivity index (χ0v) is 6.48. The summed E-state index contributed by atoms with van der Waals surface area (Å²) in [6.07, 6.45) is 5.55. The molecule has 0 aromatic carbocycles. The second-order valence-corrected chi connectivity index (χ2v) is 2.28. The highest BCUT2D eigenvalue weighted by Gasteiger charge is 2.03. The fraction of sp³-hybridized carbons (Fsp3) is 0.625. The predicted octanol–water partition coefficient (Wildman–Crippen LogP) is 1.99. The first-order valence-electron chi connectivity index (χ1n) is 3.73. The Morgan fingerprint density at radius 3 is 2.90 bits per heavy atom. The molecule has 2 nitrogen and oxygen atoms in total. The Labute approximate surface area is 61.3 Å². The average molecular weight is 138 g/mol. The molecule has 1 rings (SSSR count). The van der Waals surface area contributed by atoms with E-state index in [9.17, 15) is 0 Å². The van der Waals surface area contributed by atoms with E-state index in [2.05, 4.69) is 25.2 Å². The van der Waals surface area contributed by atoms with Crippen LogP contribution < -0.4 is 0 Å². The molecule has 2 heteroatoms. The number of rotatable bonds is 3. The Balaban J connectivity index is 2.70. The molecule has 0 saturated heterocycles. The molecular weight excluding hydrogens is 126 g/mol.